The van der Waals surface area contributed by atoms with E-state index in [9.17, 15) is 4.79 Å². The SMILES string of the molecule is C/C(=N/OC(=O)c1cccnc1)c1ccc2c(c1)Cc1ccccc1-2. The molecule has 4 heteroatoms. The predicted octanol–water partition coefficient (Wildman–Crippen LogP) is 4.23. The van der Waals surface area contributed by atoms with Gasteiger partial charge in [0.15, 0.2) is 0 Å². The van der Waals surface area contributed by atoms with E-state index >= 15 is 0 Å². The molecule has 0 saturated carbocycles. The Hall–Kier alpha value is -3.27. The zero-order chi connectivity index (χ0) is 17.2. The molecule has 3 aromatic rings. The first-order valence-corrected chi connectivity index (χ1v) is 8.10. The number of fused-ring (bicyclic) bond motifs is 3. The third-order valence-corrected chi connectivity index (χ3v) is 4.37. The van der Waals surface area contributed by atoms with Crippen LogP contribution in [-0.4, -0.2) is 16.7 Å². The Morgan fingerprint density at radius 1 is 1.00 bits per heavy atom. The molecule has 0 bridgehead atoms. The largest absolute Gasteiger partial charge is 0.367 e. The van der Waals surface area contributed by atoms with E-state index in [4.69, 9.17) is 4.84 Å². The topological polar surface area (TPSA) is 51.5 Å². The third-order valence-electron chi connectivity index (χ3n) is 4.37. The molecule has 122 valence electrons. The maximum absolute atomic E-state index is 11.9. The van der Waals surface area contributed by atoms with Gasteiger partial charge in [0, 0.05) is 12.4 Å². The summed E-state index contributed by atoms with van der Waals surface area (Å²) in [6, 6.07) is 18.0. The molecule has 1 heterocycles. The highest BCUT2D eigenvalue weighted by Gasteiger charge is 2.18. The molecule has 1 aliphatic carbocycles. The van der Waals surface area contributed by atoms with Crippen LogP contribution in [0.2, 0.25) is 0 Å². The van der Waals surface area contributed by atoms with Crippen molar-refractivity contribution in [3.05, 3.63) is 89.2 Å². The molecule has 0 spiro atoms. The smallest absolute Gasteiger partial charge is 0.312 e. The molecule has 0 unspecified atom stereocenters. The summed E-state index contributed by atoms with van der Waals surface area (Å²) in [6.07, 6.45) is 3.98. The number of pyridine rings is 1. The molecule has 0 fully saturated rings. The molecule has 2 aromatic carbocycles. The summed E-state index contributed by atoms with van der Waals surface area (Å²) >= 11 is 0. The van der Waals surface area contributed by atoms with Crippen LogP contribution in [0.4, 0.5) is 0 Å². The Bertz CT molecular complexity index is 978. The second-order valence-electron chi connectivity index (χ2n) is 6.00. The standard InChI is InChI=1S/C21H16N2O2/c1-14(23-25-21(24)17-6-4-10-22-13-17)15-8-9-20-18(11-15)12-16-5-2-3-7-19(16)20/h2-11,13H,12H2,1H3/b23-14-. The van der Waals surface area contributed by atoms with E-state index in [1.807, 2.05) is 13.0 Å². The number of hydrogen-bond acceptors (Lipinski definition) is 4. The van der Waals surface area contributed by atoms with Crippen molar-refractivity contribution in [2.75, 3.05) is 0 Å². The van der Waals surface area contributed by atoms with Crippen LogP contribution >= 0.6 is 0 Å². The maximum Gasteiger partial charge on any atom is 0.367 e. The summed E-state index contributed by atoms with van der Waals surface area (Å²) in [5.74, 6) is -0.513. The molecular formula is C21H16N2O2. The van der Waals surface area contributed by atoms with Gasteiger partial charge in [-0.3, -0.25) is 4.98 Å². The number of aromatic nitrogens is 1. The second-order valence-corrected chi connectivity index (χ2v) is 6.00. The number of carbonyl (C=O) groups excluding carboxylic acids is 1. The van der Waals surface area contributed by atoms with Crippen LogP contribution in [0.25, 0.3) is 11.1 Å². The molecule has 0 aliphatic heterocycles. The Morgan fingerprint density at radius 2 is 1.84 bits per heavy atom. The summed E-state index contributed by atoms with van der Waals surface area (Å²) in [6.45, 7) is 1.83. The van der Waals surface area contributed by atoms with Gasteiger partial charge in [-0.1, -0.05) is 41.6 Å². The first kappa shape index (κ1) is 15.3. The number of oxime groups is 1. The summed E-state index contributed by atoms with van der Waals surface area (Å²) in [5, 5.41) is 3.98. The van der Waals surface area contributed by atoms with Crippen LogP contribution in [0.15, 0.2) is 72.1 Å². The minimum absolute atomic E-state index is 0.378. The fourth-order valence-electron chi connectivity index (χ4n) is 3.07. The number of benzene rings is 2. The lowest BCUT2D eigenvalue weighted by Crippen LogP contribution is -2.04. The van der Waals surface area contributed by atoms with Crippen molar-refractivity contribution >= 4 is 11.7 Å². The first-order chi connectivity index (χ1) is 12.2. The molecule has 0 saturated heterocycles. The molecule has 4 rings (SSSR count). The van der Waals surface area contributed by atoms with Crippen LogP contribution in [-0.2, 0) is 11.3 Å². The van der Waals surface area contributed by atoms with Gasteiger partial charge in [-0.2, -0.15) is 0 Å². The average Bonchev–Trinajstić information content (AvgIpc) is 3.04. The van der Waals surface area contributed by atoms with E-state index in [0.29, 0.717) is 11.3 Å². The third kappa shape index (κ3) is 2.94. The molecule has 0 N–H and O–H groups in total. The fourth-order valence-corrected chi connectivity index (χ4v) is 3.07. The predicted molar refractivity (Wildman–Crippen MR) is 96.5 cm³/mol. The summed E-state index contributed by atoms with van der Waals surface area (Å²) in [7, 11) is 0. The van der Waals surface area contributed by atoms with Gasteiger partial charge in [0.25, 0.3) is 0 Å². The van der Waals surface area contributed by atoms with Gasteiger partial charge < -0.3 is 4.84 Å². The minimum atomic E-state index is -0.513. The fraction of sp³-hybridized carbons (Fsp3) is 0.0952. The van der Waals surface area contributed by atoms with Crippen LogP contribution in [0.1, 0.15) is 34.0 Å². The van der Waals surface area contributed by atoms with E-state index in [0.717, 1.165) is 12.0 Å². The van der Waals surface area contributed by atoms with Crippen molar-refractivity contribution in [1.82, 2.24) is 4.98 Å². The number of hydrogen-bond donors (Lipinski definition) is 0. The summed E-state index contributed by atoms with van der Waals surface area (Å²) in [4.78, 5) is 20.9. The van der Waals surface area contributed by atoms with Crippen LogP contribution in [0, 0.1) is 0 Å². The number of carbonyl (C=O) groups is 1. The maximum atomic E-state index is 11.9. The lowest BCUT2D eigenvalue weighted by atomic mass is 10.0. The Morgan fingerprint density at radius 3 is 2.68 bits per heavy atom. The number of nitrogens with zero attached hydrogens (tertiary/aromatic N) is 2. The van der Waals surface area contributed by atoms with Crippen molar-refractivity contribution < 1.29 is 9.63 Å². The molecular weight excluding hydrogens is 312 g/mol. The van der Waals surface area contributed by atoms with E-state index in [1.54, 1.807) is 18.3 Å². The van der Waals surface area contributed by atoms with Gasteiger partial charge in [0.05, 0.1) is 11.3 Å². The van der Waals surface area contributed by atoms with E-state index in [-0.39, 0.29) is 0 Å². The Balaban J connectivity index is 1.55. The van der Waals surface area contributed by atoms with Gasteiger partial charge in [0.2, 0.25) is 0 Å². The highest BCUT2D eigenvalue weighted by atomic mass is 16.7. The Kier molecular flexibility index (Phi) is 3.86. The van der Waals surface area contributed by atoms with E-state index in [1.165, 1.54) is 28.5 Å². The molecule has 1 aliphatic rings. The second kappa shape index (κ2) is 6.32. The van der Waals surface area contributed by atoms with Crippen LogP contribution in [0.5, 0.6) is 0 Å². The van der Waals surface area contributed by atoms with Crippen molar-refractivity contribution in [3.8, 4) is 11.1 Å². The van der Waals surface area contributed by atoms with E-state index < -0.39 is 5.97 Å². The van der Waals surface area contributed by atoms with Crippen molar-refractivity contribution in [2.24, 2.45) is 5.16 Å². The van der Waals surface area contributed by atoms with Crippen LogP contribution in [0.3, 0.4) is 0 Å². The van der Waals surface area contributed by atoms with Gasteiger partial charge in [-0.15, -0.1) is 0 Å². The molecule has 25 heavy (non-hydrogen) atoms. The molecule has 4 nitrogen and oxygen atoms in total. The summed E-state index contributed by atoms with van der Waals surface area (Å²) in [5.41, 5.74) is 7.16. The Labute approximate surface area is 145 Å². The first-order valence-electron chi connectivity index (χ1n) is 8.10. The van der Waals surface area contributed by atoms with Gasteiger partial charge in [-0.25, -0.2) is 4.79 Å². The highest BCUT2D eigenvalue weighted by Crippen LogP contribution is 2.36. The van der Waals surface area contributed by atoms with E-state index in [2.05, 4.69) is 46.5 Å². The van der Waals surface area contributed by atoms with Crippen LogP contribution < -0.4 is 0 Å². The van der Waals surface area contributed by atoms with Crippen molar-refractivity contribution in [1.29, 1.82) is 0 Å². The zero-order valence-corrected chi connectivity index (χ0v) is 13.8. The molecule has 0 atom stereocenters. The summed E-state index contributed by atoms with van der Waals surface area (Å²) < 4.78 is 0. The van der Waals surface area contributed by atoms with Crippen molar-refractivity contribution in [3.63, 3.8) is 0 Å². The van der Waals surface area contributed by atoms with Gasteiger partial charge in [-0.05, 0) is 59.4 Å². The normalized spacial score (nSPS) is 12.4. The quantitative estimate of drug-likeness (QED) is 0.321. The minimum Gasteiger partial charge on any atom is -0.312 e. The number of rotatable bonds is 3. The lowest BCUT2D eigenvalue weighted by molar-refractivity contribution is 0.0516. The average molecular weight is 328 g/mol. The van der Waals surface area contributed by atoms with Crippen molar-refractivity contribution in [2.45, 2.75) is 13.3 Å². The lowest BCUT2D eigenvalue weighted by Gasteiger charge is -2.05. The molecule has 1 aromatic heterocycles. The van der Waals surface area contributed by atoms with Gasteiger partial charge in [0.1, 0.15) is 0 Å². The van der Waals surface area contributed by atoms with Gasteiger partial charge >= 0.3 is 5.97 Å². The monoisotopic (exact) mass is 328 g/mol. The highest BCUT2D eigenvalue weighted by molar-refractivity contribution is 6.00. The molecule has 0 amide bonds. The molecule has 0 radical (unpaired) electrons. The zero-order valence-electron chi connectivity index (χ0n) is 13.8.